The fourth-order valence-corrected chi connectivity index (χ4v) is 4.86. The van der Waals surface area contributed by atoms with Gasteiger partial charge in [0, 0.05) is 16.7 Å². The van der Waals surface area contributed by atoms with Crippen molar-refractivity contribution in [3.05, 3.63) is 97.1 Å². The molecular formula is C29H25N3. The lowest BCUT2D eigenvalue weighted by molar-refractivity contribution is 0.419. The van der Waals surface area contributed by atoms with E-state index in [1.807, 2.05) is 0 Å². The topological polar surface area (TPSA) is 22.2 Å². The lowest BCUT2D eigenvalue weighted by atomic mass is 10.0. The molecule has 4 aromatic carbocycles. The van der Waals surface area contributed by atoms with E-state index in [0.29, 0.717) is 0 Å². The Morgan fingerprint density at radius 1 is 0.594 bits per heavy atom. The van der Waals surface area contributed by atoms with Crippen LogP contribution in [-0.2, 0) is 5.54 Å². The van der Waals surface area contributed by atoms with Crippen LogP contribution in [0.4, 0.5) is 0 Å². The van der Waals surface area contributed by atoms with Crippen molar-refractivity contribution in [3.63, 3.8) is 0 Å². The van der Waals surface area contributed by atoms with Gasteiger partial charge in [-0.15, -0.1) is 0 Å². The molecule has 0 radical (unpaired) electrons. The number of imidazole rings is 2. The van der Waals surface area contributed by atoms with Gasteiger partial charge in [0.05, 0.1) is 22.1 Å². The van der Waals surface area contributed by atoms with Gasteiger partial charge < -0.3 is 4.57 Å². The highest BCUT2D eigenvalue weighted by Gasteiger charge is 2.26. The molecule has 0 bridgehead atoms. The van der Waals surface area contributed by atoms with Crippen molar-refractivity contribution in [1.82, 2.24) is 14.0 Å². The van der Waals surface area contributed by atoms with E-state index in [1.54, 1.807) is 0 Å². The molecule has 0 aliphatic rings. The van der Waals surface area contributed by atoms with Crippen molar-refractivity contribution < 1.29 is 0 Å². The van der Waals surface area contributed by atoms with Crippen LogP contribution in [-0.4, -0.2) is 14.0 Å². The molecule has 6 aromatic rings. The Kier molecular flexibility index (Phi) is 4.03. The molecule has 2 heterocycles. The molecule has 0 saturated heterocycles. The van der Waals surface area contributed by atoms with Crippen LogP contribution in [0.15, 0.2) is 97.1 Å². The van der Waals surface area contributed by atoms with Gasteiger partial charge >= 0.3 is 0 Å². The van der Waals surface area contributed by atoms with Crippen LogP contribution in [0.2, 0.25) is 0 Å². The predicted octanol–water partition coefficient (Wildman–Crippen LogP) is 7.53. The van der Waals surface area contributed by atoms with Crippen LogP contribution in [0.3, 0.4) is 0 Å². The average molecular weight is 416 g/mol. The van der Waals surface area contributed by atoms with Crippen molar-refractivity contribution in [2.45, 2.75) is 26.3 Å². The molecule has 0 atom stereocenters. The smallest absolute Gasteiger partial charge is 0.216 e. The van der Waals surface area contributed by atoms with Gasteiger partial charge in [-0.3, -0.25) is 4.40 Å². The second kappa shape index (κ2) is 6.83. The largest absolute Gasteiger partial charge is 0.304 e. The van der Waals surface area contributed by atoms with Gasteiger partial charge in [-0.1, -0.05) is 84.9 Å². The molecule has 0 aliphatic heterocycles. The van der Waals surface area contributed by atoms with Gasteiger partial charge in [-0.05, 0) is 44.0 Å². The first-order valence-electron chi connectivity index (χ1n) is 11.1. The number of rotatable bonds is 2. The lowest BCUT2D eigenvalue weighted by Crippen LogP contribution is -2.22. The van der Waals surface area contributed by atoms with Crippen molar-refractivity contribution in [2.75, 3.05) is 0 Å². The minimum Gasteiger partial charge on any atom is -0.304 e. The Morgan fingerprint density at radius 2 is 1.16 bits per heavy atom. The van der Waals surface area contributed by atoms with Crippen molar-refractivity contribution >= 4 is 27.8 Å². The zero-order valence-corrected chi connectivity index (χ0v) is 18.6. The SMILES string of the molecule is CC(C)(C)n1c2c(-c3ccccc3)cccc2n2c3cccc(-c4ccccc4)c3nc12. The summed E-state index contributed by atoms with van der Waals surface area (Å²) in [5.74, 6) is 0.981. The highest BCUT2D eigenvalue weighted by atomic mass is 15.2. The highest BCUT2D eigenvalue weighted by molar-refractivity contribution is 6.02. The maximum absolute atomic E-state index is 5.26. The van der Waals surface area contributed by atoms with Crippen LogP contribution in [0.1, 0.15) is 20.8 Å². The van der Waals surface area contributed by atoms with Gasteiger partial charge in [0.25, 0.3) is 0 Å². The third kappa shape index (κ3) is 2.71. The van der Waals surface area contributed by atoms with Gasteiger partial charge in [-0.2, -0.15) is 0 Å². The Labute approximate surface area is 187 Å². The van der Waals surface area contributed by atoms with E-state index in [9.17, 15) is 0 Å². The van der Waals surface area contributed by atoms with Crippen molar-refractivity contribution in [3.8, 4) is 22.3 Å². The van der Waals surface area contributed by atoms with Gasteiger partial charge in [0.2, 0.25) is 5.78 Å². The molecule has 0 unspecified atom stereocenters. The van der Waals surface area contributed by atoms with E-state index in [-0.39, 0.29) is 5.54 Å². The molecule has 2 aromatic heterocycles. The van der Waals surface area contributed by atoms with Crippen molar-refractivity contribution in [2.24, 2.45) is 0 Å². The van der Waals surface area contributed by atoms with Crippen LogP contribution >= 0.6 is 0 Å². The first-order valence-corrected chi connectivity index (χ1v) is 11.1. The molecule has 0 amide bonds. The first kappa shape index (κ1) is 18.9. The van der Waals surface area contributed by atoms with Crippen LogP contribution in [0, 0.1) is 0 Å². The average Bonchev–Trinajstić information content (AvgIpc) is 3.34. The van der Waals surface area contributed by atoms with E-state index >= 15 is 0 Å². The first-order chi connectivity index (χ1) is 15.5. The second-order valence-electron chi connectivity index (χ2n) is 9.33. The van der Waals surface area contributed by atoms with Crippen molar-refractivity contribution in [1.29, 1.82) is 0 Å². The molecule has 6 rings (SSSR count). The summed E-state index contributed by atoms with van der Waals surface area (Å²) < 4.78 is 4.73. The molecule has 3 nitrogen and oxygen atoms in total. The zero-order valence-electron chi connectivity index (χ0n) is 18.6. The summed E-state index contributed by atoms with van der Waals surface area (Å²) in [6, 6.07) is 34.3. The molecule has 0 N–H and O–H groups in total. The third-order valence-corrected chi connectivity index (χ3v) is 6.19. The number of para-hydroxylation sites is 2. The van der Waals surface area contributed by atoms with E-state index in [1.165, 1.54) is 33.3 Å². The monoisotopic (exact) mass is 415 g/mol. The summed E-state index contributed by atoms with van der Waals surface area (Å²) in [5.41, 5.74) is 9.26. The molecule has 0 fully saturated rings. The molecule has 0 aliphatic carbocycles. The van der Waals surface area contributed by atoms with Crippen LogP contribution < -0.4 is 0 Å². The molecule has 0 saturated carbocycles. The molecule has 156 valence electrons. The van der Waals surface area contributed by atoms with Gasteiger partial charge in [0.15, 0.2) is 0 Å². The maximum Gasteiger partial charge on any atom is 0.216 e. The Hall–Kier alpha value is -3.85. The van der Waals surface area contributed by atoms with E-state index in [2.05, 4.69) is 127 Å². The van der Waals surface area contributed by atoms with Crippen LogP contribution in [0.25, 0.3) is 50.1 Å². The van der Waals surface area contributed by atoms with Gasteiger partial charge in [-0.25, -0.2) is 4.98 Å². The number of aromatic nitrogens is 3. The number of fused-ring (bicyclic) bond motifs is 5. The highest BCUT2D eigenvalue weighted by Crippen LogP contribution is 2.38. The zero-order chi connectivity index (χ0) is 21.9. The Bertz CT molecular complexity index is 1580. The molecule has 32 heavy (non-hydrogen) atoms. The lowest BCUT2D eigenvalue weighted by Gasteiger charge is -2.23. The summed E-state index contributed by atoms with van der Waals surface area (Å²) in [5, 5.41) is 0. The Balaban J connectivity index is 1.79. The molecule has 0 spiro atoms. The fourth-order valence-electron chi connectivity index (χ4n) is 4.86. The Morgan fingerprint density at radius 3 is 1.78 bits per heavy atom. The van der Waals surface area contributed by atoms with E-state index < -0.39 is 0 Å². The minimum atomic E-state index is -0.137. The summed E-state index contributed by atoms with van der Waals surface area (Å²) in [6.07, 6.45) is 0. The molecular weight excluding hydrogens is 390 g/mol. The summed E-state index contributed by atoms with van der Waals surface area (Å²) in [6.45, 7) is 6.77. The predicted molar refractivity (Wildman–Crippen MR) is 134 cm³/mol. The normalized spacial score (nSPS) is 12.2. The van der Waals surface area contributed by atoms with Crippen LogP contribution in [0.5, 0.6) is 0 Å². The summed E-state index contributed by atoms with van der Waals surface area (Å²) in [7, 11) is 0. The van der Waals surface area contributed by atoms with Gasteiger partial charge in [0.1, 0.15) is 0 Å². The maximum atomic E-state index is 5.26. The molecule has 3 heteroatoms. The van der Waals surface area contributed by atoms with E-state index in [0.717, 1.165) is 16.8 Å². The standard InChI is InChI=1S/C29H25N3/c1-29(2,3)32-27-23(21-14-8-5-9-15-21)17-11-19-25(27)31-24-18-10-16-22(26(24)30-28(31)32)20-12-6-4-7-13-20/h4-19H,1-3H3. The number of hydrogen-bond acceptors (Lipinski definition) is 1. The number of nitrogens with zero attached hydrogens (tertiary/aromatic N) is 3. The number of hydrogen-bond donors (Lipinski definition) is 0. The quantitative estimate of drug-likeness (QED) is 0.286. The third-order valence-electron chi connectivity index (χ3n) is 6.19. The minimum absolute atomic E-state index is 0.137. The number of benzene rings is 4. The van der Waals surface area contributed by atoms with E-state index in [4.69, 9.17) is 4.98 Å². The summed E-state index contributed by atoms with van der Waals surface area (Å²) in [4.78, 5) is 5.26. The summed E-state index contributed by atoms with van der Waals surface area (Å²) >= 11 is 0. The fraction of sp³-hybridized carbons (Fsp3) is 0.138. The second-order valence-corrected chi connectivity index (χ2v) is 9.33.